The Labute approximate surface area is 184 Å². The van der Waals surface area contributed by atoms with E-state index in [0.717, 1.165) is 22.9 Å². The van der Waals surface area contributed by atoms with Crippen molar-refractivity contribution >= 4 is 33.6 Å². The highest BCUT2D eigenvalue weighted by molar-refractivity contribution is 9.10. The topological polar surface area (TPSA) is 67.2 Å². The lowest BCUT2D eigenvalue weighted by atomic mass is 9.97. The van der Waals surface area contributed by atoms with Crippen molar-refractivity contribution in [1.82, 2.24) is 14.5 Å². The maximum absolute atomic E-state index is 13.2. The first-order valence-corrected chi connectivity index (χ1v) is 10.8. The number of benzene rings is 1. The Bertz CT molecular complexity index is 1020. The molecule has 3 aromatic rings. The molecule has 1 aromatic carbocycles. The second kappa shape index (κ2) is 9.26. The smallest absolute Gasteiger partial charge is 0.270 e. The Morgan fingerprint density at radius 3 is 2.70 bits per heavy atom. The minimum atomic E-state index is -0.245. The molecule has 1 fully saturated rings. The summed E-state index contributed by atoms with van der Waals surface area (Å²) in [4.78, 5) is 31.9. The van der Waals surface area contributed by atoms with Crippen LogP contribution in [-0.4, -0.2) is 39.4 Å². The second-order valence-corrected chi connectivity index (χ2v) is 8.36. The van der Waals surface area contributed by atoms with Gasteiger partial charge in [0.25, 0.3) is 5.91 Å². The molecular formula is C23H23BrN4O2. The Morgan fingerprint density at radius 2 is 1.93 bits per heavy atom. The maximum Gasteiger partial charge on any atom is 0.270 e. The van der Waals surface area contributed by atoms with Crippen molar-refractivity contribution in [3.8, 4) is 0 Å². The zero-order valence-electron chi connectivity index (χ0n) is 16.5. The monoisotopic (exact) mass is 466 g/mol. The van der Waals surface area contributed by atoms with Gasteiger partial charge in [0.2, 0.25) is 5.91 Å². The molecule has 6 nitrogen and oxygen atoms in total. The molecule has 1 aliphatic rings. The lowest BCUT2D eigenvalue weighted by Crippen LogP contribution is -2.44. The van der Waals surface area contributed by atoms with Gasteiger partial charge in [-0.15, -0.1) is 0 Å². The molecule has 3 heterocycles. The highest BCUT2D eigenvalue weighted by Gasteiger charge is 2.30. The number of anilines is 1. The van der Waals surface area contributed by atoms with E-state index in [1.54, 1.807) is 17.2 Å². The van der Waals surface area contributed by atoms with Crippen LogP contribution in [0.25, 0.3) is 0 Å². The number of nitrogens with one attached hydrogen (secondary N) is 1. The zero-order chi connectivity index (χ0) is 20.9. The van der Waals surface area contributed by atoms with Gasteiger partial charge in [-0.3, -0.25) is 9.59 Å². The third-order valence-corrected chi connectivity index (χ3v) is 5.77. The van der Waals surface area contributed by atoms with Gasteiger partial charge < -0.3 is 14.8 Å². The molecule has 0 radical (unpaired) electrons. The Morgan fingerprint density at radius 1 is 1.10 bits per heavy atom. The predicted octanol–water partition coefficient (Wildman–Crippen LogP) is 4.18. The molecule has 0 saturated carbocycles. The highest BCUT2D eigenvalue weighted by Crippen LogP contribution is 2.21. The lowest BCUT2D eigenvalue weighted by molar-refractivity contribution is -0.121. The molecule has 1 aliphatic heterocycles. The molecule has 0 aliphatic carbocycles. The first-order valence-electron chi connectivity index (χ1n) is 10.0. The van der Waals surface area contributed by atoms with Crippen LogP contribution >= 0.6 is 15.9 Å². The quantitative estimate of drug-likeness (QED) is 0.612. The van der Waals surface area contributed by atoms with Crippen LogP contribution in [0.1, 0.15) is 28.9 Å². The third-order valence-electron chi connectivity index (χ3n) is 5.30. The molecule has 0 spiro atoms. The van der Waals surface area contributed by atoms with Gasteiger partial charge >= 0.3 is 0 Å². The second-order valence-electron chi connectivity index (χ2n) is 7.45. The fourth-order valence-electron chi connectivity index (χ4n) is 3.74. The summed E-state index contributed by atoms with van der Waals surface area (Å²) in [7, 11) is 0. The maximum atomic E-state index is 13.2. The van der Waals surface area contributed by atoms with E-state index in [1.165, 1.54) is 0 Å². The van der Waals surface area contributed by atoms with E-state index in [1.807, 2.05) is 59.3 Å². The van der Waals surface area contributed by atoms with E-state index < -0.39 is 0 Å². The van der Waals surface area contributed by atoms with Gasteiger partial charge in [-0.05, 0) is 58.6 Å². The van der Waals surface area contributed by atoms with Crippen LogP contribution in [0.3, 0.4) is 0 Å². The van der Waals surface area contributed by atoms with Gasteiger partial charge in [0.05, 0.1) is 5.92 Å². The van der Waals surface area contributed by atoms with Crippen molar-refractivity contribution in [3.63, 3.8) is 0 Å². The number of pyridine rings is 1. The van der Waals surface area contributed by atoms with Gasteiger partial charge in [0.15, 0.2) is 0 Å². The van der Waals surface area contributed by atoms with Crippen LogP contribution in [0.5, 0.6) is 0 Å². The number of piperidine rings is 1. The summed E-state index contributed by atoms with van der Waals surface area (Å²) in [5.41, 5.74) is 1.79. The number of likely N-dealkylation sites (tertiary alicyclic amines) is 1. The van der Waals surface area contributed by atoms with Gasteiger partial charge in [0, 0.05) is 36.5 Å². The highest BCUT2D eigenvalue weighted by atomic mass is 79.9. The Balaban J connectivity index is 1.42. The summed E-state index contributed by atoms with van der Waals surface area (Å²) in [6.07, 6.45) is 5.13. The van der Waals surface area contributed by atoms with E-state index in [2.05, 4.69) is 26.2 Å². The molecule has 2 aromatic heterocycles. The molecule has 1 atom stereocenters. The molecule has 154 valence electrons. The zero-order valence-corrected chi connectivity index (χ0v) is 18.1. The number of halogens is 1. The predicted molar refractivity (Wildman–Crippen MR) is 119 cm³/mol. The summed E-state index contributed by atoms with van der Waals surface area (Å²) in [5.74, 6) is 0.145. The number of carbonyl (C=O) groups is 2. The molecule has 30 heavy (non-hydrogen) atoms. The van der Waals surface area contributed by atoms with Gasteiger partial charge in [-0.1, -0.05) is 30.3 Å². The minimum Gasteiger partial charge on any atom is -0.339 e. The van der Waals surface area contributed by atoms with Crippen molar-refractivity contribution < 1.29 is 9.59 Å². The third kappa shape index (κ3) is 4.79. The van der Waals surface area contributed by atoms with Crippen LogP contribution in [0.15, 0.2) is 71.5 Å². The van der Waals surface area contributed by atoms with E-state index in [9.17, 15) is 9.59 Å². The average molecular weight is 467 g/mol. The van der Waals surface area contributed by atoms with Crippen LogP contribution in [0, 0.1) is 5.92 Å². The standard InChI is InChI=1S/C23H23BrN4O2/c24-19-10-11-21(25-14-19)26-22(29)18-8-4-13-28(16-18)23(30)20-9-5-12-27(20)15-17-6-2-1-3-7-17/h1-3,5-7,9-12,14,18H,4,8,13,15-16H2,(H,25,26,29). The average Bonchev–Trinajstić information content (AvgIpc) is 3.23. The first kappa shape index (κ1) is 20.3. The number of aromatic nitrogens is 2. The lowest BCUT2D eigenvalue weighted by Gasteiger charge is -2.32. The molecule has 2 amide bonds. The summed E-state index contributed by atoms with van der Waals surface area (Å²) in [5, 5.41) is 2.86. The van der Waals surface area contributed by atoms with Crippen LogP contribution in [-0.2, 0) is 11.3 Å². The van der Waals surface area contributed by atoms with Gasteiger partial charge in [-0.25, -0.2) is 4.98 Å². The minimum absolute atomic E-state index is 0.0322. The number of nitrogens with zero attached hydrogens (tertiary/aromatic N) is 3. The fourth-order valence-corrected chi connectivity index (χ4v) is 3.98. The van der Waals surface area contributed by atoms with Crippen molar-refractivity contribution in [2.75, 3.05) is 18.4 Å². The molecule has 1 N–H and O–H groups in total. The fraction of sp³-hybridized carbons (Fsp3) is 0.261. The number of carbonyl (C=O) groups excluding carboxylic acids is 2. The van der Waals surface area contributed by atoms with E-state index >= 15 is 0 Å². The molecular weight excluding hydrogens is 444 g/mol. The van der Waals surface area contributed by atoms with Crippen molar-refractivity contribution in [1.29, 1.82) is 0 Å². The Hall–Kier alpha value is -2.93. The van der Waals surface area contributed by atoms with Crippen molar-refractivity contribution in [3.05, 3.63) is 82.7 Å². The number of hydrogen-bond acceptors (Lipinski definition) is 3. The Kier molecular flexibility index (Phi) is 6.28. The van der Waals surface area contributed by atoms with Crippen molar-refractivity contribution in [2.45, 2.75) is 19.4 Å². The number of amides is 2. The summed E-state index contributed by atoms with van der Waals surface area (Å²) in [6, 6.07) is 17.4. The van der Waals surface area contributed by atoms with Crippen LogP contribution in [0.2, 0.25) is 0 Å². The molecule has 7 heteroatoms. The number of hydrogen-bond donors (Lipinski definition) is 1. The molecule has 1 saturated heterocycles. The molecule has 4 rings (SSSR count). The first-order chi connectivity index (χ1) is 14.6. The van der Waals surface area contributed by atoms with E-state index in [-0.39, 0.29) is 17.7 Å². The largest absolute Gasteiger partial charge is 0.339 e. The summed E-state index contributed by atoms with van der Waals surface area (Å²) < 4.78 is 2.82. The molecule has 1 unspecified atom stereocenters. The van der Waals surface area contributed by atoms with Crippen LogP contribution in [0.4, 0.5) is 5.82 Å². The summed E-state index contributed by atoms with van der Waals surface area (Å²) >= 11 is 3.34. The van der Waals surface area contributed by atoms with Gasteiger partial charge in [0.1, 0.15) is 11.5 Å². The molecule has 0 bridgehead atoms. The van der Waals surface area contributed by atoms with E-state index in [4.69, 9.17) is 0 Å². The summed E-state index contributed by atoms with van der Waals surface area (Å²) in [6.45, 7) is 1.72. The van der Waals surface area contributed by atoms with E-state index in [0.29, 0.717) is 31.1 Å². The SMILES string of the molecule is O=C(Nc1ccc(Br)cn1)C1CCCN(C(=O)c2cccn2Cc2ccccc2)C1. The van der Waals surface area contributed by atoms with Gasteiger partial charge in [-0.2, -0.15) is 0 Å². The normalized spacial score (nSPS) is 16.3. The number of rotatable bonds is 5. The van der Waals surface area contributed by atoms with Crippen LogP contribution < -0.4 is 5.32 Å². The van der Waals surface area contributed by atoms with Crippen molar-refractivity contribution in [2.24, 2.45) is 5.92 Å².